The number of hydrogen-bond acceptors (Lipinski definition) is 4. The van der Waals surface area contributed by atoms with Crippen molar-refractivity contribution in [2.24, 2.45) is 22.2 Å². The lowest BCUT2D eigenvalue weighted by Gasteiger charge is -2.41. The molecule has 1 saturated carbocycles. The number of nitrogens with two attached hydrogens (primary N) is 1. The molecule has 1 heterocycles. The molecule has 6 nitrogen and oxygen atoms in total. The van der Waals surface area contributed by atoms with E-state index in [9.17, 15) is 9.90 Å². The van der Waals surface area contributed by atoms with E-state index < -0.39 is 5.41 Å². The van der Waals surface area contributed by atoms with E-state index in [1.165, 1.54) is 0 Å². The van der Waals surface area contributed by atoms with Crippen molar-refractivity contribution in [2.45, 2.75) is 58.0 Å². The van der Waals surface area contributed by atoms with Crippen molar-refractivity contribution < 1.29 is 15.1 Å². The molecule has 4 N–H and O–H groups in total. The fourth-order valence-electron chi connectivity index (χ4n) is 3.72. The second-order valence-electron chi connectivity index (χ2n) is 6.50. The second kappa shape index (κ2) is 6.64. The van der Waals surface area contributed by atoms with Gasteiger partial charge < -0.3 is 20.9 Å². The van der Waals surface area contributed by atoms with Crippen LogP contribution in [0.2, 0.25) is 0 Å². The zero-order valence-corrected chi connectivity index (χ0v) is 12.8. The van der Waals surface area contributed by atoms with Gasteiger partial charge in [-0.2, -0.15) is 0 Å². The van der Waals surface area contributed by atoms with Gasteiger partial charge in [-0.25, -0.2) is 0 Å². The smallest absolute Gasteiger partial charge is 0.236 e. The molecule has 0 radical (unpaired) electrons. The first-order valence-electron chi connectivity index (χ1n) is 7.96. The monoisotopic (exact) mass is 297 g/mol. The van der Waals surface area contributed by atoms with Gasteiger partial charge in [0, 0.05) is 13.1 Å². The number of oxime groups is 1. The van der Waals surface area contributed by atoms with E-state index >= 15 is 0 Å². The summed E-state index contributed by atoms with van der Waals surface area (Å²) in [6.45, 7) is 3.10. The van der Waals surface area contributed by atoms with Gasteiger partial charge in [0.15, 0.2) is 5.84 Å². The predicted molar refractivity (Wildman–Crippen MR) is 79.9 cm³/mol. The highest BCUT2D eigenvalue weighted by Gasteiger charge is 2.46. The molecule has 1 aliphatic heterocycles. The van der Waals surface area contributed by atoms with Crippen LogP contribution in [0.5, 0.6) is 0 Å². The summed E-state index contributed by atoms with van der Waals surface area (Å²) in [5.41, 5.74) is 5.06. The Balaban J connectivity index is 2.09. The van der Waals surface area contributed by atoms with E-state index in [-0.39, 0.29) is 23.8 Å². The third-order valence-corrected chi connectivity index (χ3v) is 5.22. The number of hydrogen-bond donors (Lipinski definition) is 3. The number of piperidine rings is 1. The molecule has 6 heteroatoms. The fraction of sp³-hybridized carbons (Fsp3) is 0.867. The Morgan fingerprint density at radius 1 is 1.29 bits per heavy atom. The van der Waals surface area contributed by atoms with Gasteiger partial charge in [0.2, 0.25) is 5.91 Å². The molecular weight excluding hydrogens is 270 g/mol. The van der Waals surface area contributed by atoms with E-state index in [0.717, 1.165) is 32.1 Å². The summed E-state index contributed by atoms with van der Waals surface area (Å²) in [6.07, 6.45) is 5.60. The average Bonchev–Trinajstić information content (AvgIpc) is 2.54. The topological polar surface area (TPSA) is 99.2 Å². The Hall–Kier alpha value is -1.30. The zero-order chi connectivity index (χ0) is 15.5. The zero-order valence-electron chi connectivity index (χ0n) is 12.8. The summed E-state index contributed by atoms with van der Waals surface area (Å²) in [4.78, 5) is 14.8. The first-order valence-corrected chi connectivity index (χ1v) is 7.96. The van der Waals surface area contributed by atoms with Crippen molar-refractivity contribution >= 4 is 11.7 Å². The van der Waals surface area contributed by atoms with Crippen molar-refractivity contribution in [3.05, 3.63) is 0 Å². The number of rotatable bonds is 3. The first-order chi connectivity index (χ1) is 10.0. The van der Waals surface area contributed by atoms with Gasteiger partial charge in [-0.05, 0) is 38.5 Å². The van der Waals surface area contributed by atoms with Gasteiger partial charge in [-0.3, -0.25) is 4.79 Å². The Morgan fingerprint density at radius 2 is 1.86 bits per heavy atom. The number of amides is 1. The van der Waals surface area contributed by atoms with Crippen LogP contribution in [0.3, 0.4) is 0 Å². The third kappa shape index (κ3) is 3.15. The molecule has 1 unspecified atom stereocenters. The Labute approximate surface area is 126 Å². The van der Waals surface area contributed by atoms with Crippen molar-refractivity contribution in [1.29, 1.82) is 0 Å². The van der Waals surface area contributed by atoms with Crippen LogP contribution in [0.4, 0.5) is 0 Å². The van der Waals surface area contributed by atoms with Crippen molar-refractivity contribution in [2.75, 3.05) is 13.1 Å². The molecular formula is C15H27N3O3. The third-order valence-electron chi connectivity index (χ3n) is 5.22. The average molecular weight is 297 g/mol. The van der Waals surface area contributed by atoms with E-state index in [0.29, 0.717) is 25.9 Å². The maximum atomic E-state index is 12.9. The maximum Gasteiger partial charge on any atom is 0.236 e. The standard InChI is InChI=1S/C15H27N3O3/c1-11(19)12-5-9-18(10-6-12)14(20)15(13(16)17-21)7-3-2-4-8-15/h11-12,19,21H,2-10H2,1H3,(H2,16,17). The molecule has 120 valence electrons. The number of aliphatic hydroxyl groups is 1. The molecule has 0 spiro atoms. The number of carbonyl (C=O) groups is 1. The van der Waals surface area contributed by atoms with Crippen LogP contribution in [0.15, 0.2) is 5.16 Å². The second-order valence-corrected chi connectivity index (χ2v) is 6.50. The van der Waals surface area contributed by atoms with E-state index in [4.69, 9.17) is 10.9 Å². The molecule has 0 aromatic heterocycles. The van der Waals surface area contributed by atoms with Gasteiger partial charge in [-0.1, -0.05) is 24.4 Å². The van der Waals surface area contributed by atoms with Crippen LogP contribution in [0.25, 0.3) is 0 Å². The normalized spacial score (nSPS) is 25.6. The number of aliphatic hydroxyl groups excluding tert-OH is 1. The summed E-state index contributed by atoms with van der Waals surface area (Å²) < 4.78 is 0. The number of amidine groups is 1. The van der Waals surface area contributed by atoms with Gasteiger partial charge >= 0.3 is 0 Å². The van der Waals surface area contributed by atoms with E-state index in [1.54, 1.807) is 6.92 Å². The summed E-state index contributed by atoms with van der Waals surface area (Å²) in [5.74, 6) is 0.326. The molecule has 21 heavy (non-hydrogen) atoms. The Kier molecular flexibility index (Phi) is 5.08. The predicted octanol–water partition coefficient (Wildman–Crippen LogP) is 1.30. The highest BCUT2D eigenvalue weighted by Crippen LogP contribution is 2.39. The van der Waals surface area contributed by atoms with E-state index in [2.05, 4.69) is 5.16 Å². The highest BCUT2D eigenvalue weighted by atomic mass is 16.4. The lowest BCUT2D eigenvalue weighted by Crippen LogP contribution is -2.54. The lowest BCUT2D eigenvalue weighted by molar-refractivity contribution is -0.142. The van der Waals surface area contributed by atoms with Crippen LogP contribution in [0, 0.1) is 11.3 Å². The minimum absolute atomic E-state index is 0.00143. The summed E-state index contributed by atoms with van der Waals surface area (Å²) >= 11 is 0. The minimum atomic E-state index is -0.815. The molecule has 1 saturated heterocycles. The highest BCUT2D eigenvalue weighted by molar-refractivity contribution is 6.06. The summed E-state index contributed by atoms with van der Waals surface area (Å²) in [6, 6.07) is 0. The largest absolute Gasteiger partial charge is 0.409 e. The number of likely N-dealkylation sites (tertiary alicyclic amines) is 1. The molecule has 2 fully saturated rings. The van der Waals surface area contributed by atoms with Crippen LogP contribution in [-0.2, 0) is 4.79 Å². The van der Waals surface area contributed by atoms with Crippen LogP contribution < -0.4 is 5.73 Å². The first kappa shape index (κ1) is 16.1. The van der Waals surface area contributed by atoms with Crippen LogP contribution in [0.1, 0.15) is 51.9 Å². The molecule has 1 amide bonds. The number of carbonyl (C=O) groups excluding carboxylic acids is 1. The van der Waals surface area contributed by atoms with Gasteiger partial charge in [-0.15, -0.1) is 0 Å². The molecule has 2 aliphatic rings. The lowest BCUT2D eigenvalue weighted by atomic mass is 9.71. The SMILES string of the molecule is CC(O)C1CCN(C(=O)C2(C(N)=NO)CCCCC2)CC1. The quantitative estimate of drug-likeness (QED) is 0.316. The summed E-state index contributed by atoms with van der Waals surface area (Å²) in [5, 5.41) is 21.9. The molecule has 0 bridgehead atoms. The maximum absolute atomic E-state index is 12.9. The van der Waals surface area contributed by atoms with Gasteiger partial charge in [0.1, 0.15) is 5.41 Å². The molecule has 0 aromatic carbocycles. The Morgan fingerprint density at radius 3 is 2.33 bits per heavy atom. The van der Waals surface area contributed by atoms with Crippen molar-refractivity contribution in [3.8, 4) is 0 Å². The van der Waals surface area contributed by atoms with Crippen molar-refractivity contribution in [1.82, 2.24) is 4.90 Å². The van der Waals surface area contributed by atoms with Gasteiger partial charge in [0.25, 0.3) is 0 Å². The van der Waals surface area contributed by atoms with Gasteiger partial charge in [0.05, 0.1) is 6.10 Å². The molecule has 0 aromatic rings. The number of nitrogens with zero attached hydrogens (tertiary/aromatic N) is 2. The Bertz CT molecular complexity index is 395. The van der Waals surface area contributed by atoms with Crippen molar-refractivity contribution in [3.63, 3.8) is 0 Å². The molecule has 1 atom stereocenters. The molecule has 2 rings (SSSR count). The molecule has 1 aliphatic carbocycles. The summed E-state index contributed by atoms with van der Waals surface area (Å²) in [7, 11) is 0. The minimum Gasteiger partial charge on any atom is -0.409 e. The fourth-order valence-corrected chi connectivity index (χ4v) is 3.72. The van der Waals surface area contributed by atoms with Crippen LogP contribution >= 0.6 is 0 Å². The van der Waals surface area contributed by atoms with E-state index in [1.807, 2.05) is 4.90 Å². The van der Waals surface area contributed by atoms with Crippen LogP contribution in [-0.4, -0.2) is 46.1 Å².